The number of ether oxygens (including phenoxy) is 2. The molecule has 0 bridgehead atoms. The van der Waals surface area contributed by atoms with E-state index < -0.39 is 12.5 Å². The minimum atomic E-state index is -3.00. The van der Waals surface area contributed by atoms with Crippen LogP contribution in [0.4, 0.5) is 14.5 Å². The predicted octanol–water partition coefficient (Wildman–Crippen LogP) is 2.24. The van der Waals surface area contributed by atoms with Gasteiger partial charge < -0.3 is 19.8 Å². The van der Waals surface area contributed by atoms with Gasteiger partial charge >= 0.3 is 6.61 Å². The average Bonchev–Trinajstić information content (AvgIpc) is 2.49. The zero-order chi connectivity index (χ0) is 16.1. The van der Waals surface area contributed by atoms with Gasteiger partial charge in [0.2, 0.25) is 5.43 Å². The molecule has 22 heavy (non-hydrogen) atoms. The summed E-state index contributed by atoms with van der Waals surface area (Å²) < 4.78 is 33.6. The normalized spacial score (nSPS) is 10.4. The van der Waals surface area contributed by atoms with Crippen molar-refractivity contribution in [2.75, 3.05) is 12.4 Å². The molecule has 116 valence electrons. The second-order valence-corrected chi connectivity index (χ2v) is 4.12. The first-order chi connectivity index (χ1) is 10.5. The summed E-state index contributed by atoms with van der Waals surface area (Å²) >= 11 is 0. The van der Waals surface area contributed by atoms with E-state index in [1.54, 1.807) is 0 Å². The highest BCUT2D eigenvalue weighted by molar-refractivity contribution is 6.04. The summed E-state index contributed by atoms with van der Waals surface area (Å²) in [6, 6.07) is 4.97. The number of H-pyrrole nitrogens is 1. The van der Waals surface area contributed by atoms with Gasteiger partial charge in [0, 0.05) is 24.0 Å². The van der Waals surface area contributed by atoms with Crippen LogP contribution in [0.5, 0.6) is 11.5 Å². The van der Waals surface area contributed by atoms with E-state index in [0.29, 0.717) is 0 Å². The number of hydrogen-bond acceptors (Lipinski definition) is 4. The predicted molar refractivity (Wildman–Crippen MR) is 74.6 cm³/mol. The van der Waals surface area contributed by atoms with Crippen LogP contribution in [0.3, 0.4) is 0 Å². The Morgan fingerprint density at radius 3 is 2.68 bits per heavy atom. The molecule has 0 aliphatic rings. The van der Waals surface area contributed by atoms with Crippen LogP contribution in [0.25, 0.3) is 0 Å². The number of amides is 1. The summed E-state index contributed by atoms with van der Waals surface area (Å²) in [4.78, 5) is 26.3. The van der Waals surface area contributed by atoms with E-state index in [4.69, 9.17) is 4.74 Å². The van der Waals surface area contributed by atoms with Crippen molar-refractivity contribution in [3.8, 4) is 11.5 Å². The van der Waals surface area contributed by atoms with Crippen molar-refractivity contribution < 1.29 is 23.0 Å². The second-order valence-electron chi connectivity index (χ2n) is 4.12. The van der Waals surface area contributed by atoms with Crippen LogP contribution >= 0.6 is 0 Å². The Bertz CT molecular complexity index is 731. The summed E-state index contributed by atoms with van der Waals surface area (Å²) in [6.45, 7) is -3.00. The van der Waals surface area contributed by atoms with Gasteiger partial charge in [0.05, 0.1) is 7.11 Å². The summed E-state index contributed by atoms with van der Waals surface area (Å²) in [5.41, 5.74) is -0.169. The molecule has 2 N–H and O–H groups in total. The van der Waals surface area contributed by atoms with Crippen LogP contribution in [-0.4, -0.2) is 24.6 Å². The first-order valence-corrected chi connectivity index (χ1v) is 6.12. The maximum Gasteiger partial charge on any atom is 0.387 e. The molecule has 0 saturated carbocycles. The first-order valence-electron chi connectivity index (χ1n) is 6.12. The van der Waals surface area contributed by atoms with Crippen molar-refractivity contribution >= 4 is 11.6 Å². The molecular formula is C14H12F2N2O4. The molecule has 1 aromatic heterocycles. The number of nitrogens with one attached hydrogen (secondary N) is 2. The average molecular weight is 310 g/mol. The number of anilines is 1. The first kappa shape index (κ1) is 15.5. The number of aromatic amines is 1. The number of benzene rings is 1. The van der Waals surface area contributed by atoms with Gasteiger partial charge in [-0.2, -0.15) is 8.78 Å². The molecule has 0 spiro atoms. The Hall–Kier alpha value is -2.90. The molecule has 1 heterocycles. The van der Waals surface area contributed by atoms with E-state index in [0.717, 1.165) is 0 Å². The van der Waals surface area contributed by atoms with Crippen LogP contribution in [0.1, 0.15) is 10.4 Å². The fourth-order valence-electron chi connectivity index (χ4n) is 1.71. The third kappa shape index (κ3) is 3.60. The third-order valence-corrected chi connectivity index (χ3v) is 2.71. The van der Waals surface area contributed by atoms with E-state index in [1.165, 1.54) is 43.8 Å². The lowest BCUT2D eigenvalue weighted by Crippen LogP contribution is -2.18. The van der Waals surface area contributed by atoms with Gasteiger partial charge in [-0.25, -0.2) is 0 Å². The number of alkyl halides is 2. The smallest absolute Gasteiger partial charge is 0.387 e. The highest BCUT2D eigenvalue weighted by Crippen LogP contribution is 2.29. The van der Waals surface area contributed by atoms with Gasteiger partial charge in [-0.05, 0) is 18.2 Å². The number of methoxy groups -OCH3 is 1. The second kappa shape index (κ2) is 6.70. The van der Waals surface area contributed by atoms with Crippen molar-refractivity contribution in [3.05, 3.63) is 52.4 Å². The maximum atomic E-state index is 12.2. The monoisotopic (exact) mass is 310 g/mol. The van der Waals surface area contributed by atoms with Crippen molar-refractivity contribution in [1.82, 2.24) is 4.98 Å². The minimum Gasteiger partial charge on any atom is -0.493 e. The fraction of sp³-hybridized carbons (Fsp3) is 0.143. The van der Waals surface area contributed by atoms with E-state index in [1.807, 2.05) is 0 Å². The highest BCUT2D eigenvalue weighted by Gasteiger charge is 2.14. The summed E-state index contributed by atoms with van der Waals surface area (Å²) in [6.07, 6.45) is 2.77. The van der Waals surface area contributed by atoms with Crippen LogP contribution < -0.4 is 20.2 Å². The topological polar surface area (TPSA) is 80.4 Å². The van der Waals surface area contributed by atoms with Gasteiger partial charge in [0.25, 0.3) is 5.91 Å². The van der Waals surface area contributed by atoms with E-state index in [9.17, 15) is 18.4 Å². The number of rotatable bonds is 5. The molecule has 2 aromatic rings. The lowest BCUT2D eigenvalue weighted by atomic mass is 10.2. The van der Waals surface area contributed by atoms with E-state index in [2.05, 4.69) is 15.0 Å². The van der Waals surface area contributed by atoms with Crippen LogP contribution in [0, 0.1) is 0 Å². The molecule has 1 amide bonds. The fourth-order valence-corrected chi connectivity index (χ4v) is 1.71. The Labute approximate surface area is 123 Å². The van der Waals surface area contributed by atoms with Crippen LogP contribution in [0.15, 0.2) is 41.5 Å². The Morgan fingerprint density at radius 1 is 1.27 bits per heavy atom. The molecule has 8 heteroatoms. The van der Waals surface area contributed by atoms with Crippen LogP contribution in [0.2, 0.25) is 0 Å². The zero-order valence-electron chi connectivity index (χ0n) is 11.4. The van der Waals surface area contributed by atoms with Crippen molar-refractivity contribution in [2.24, 2.45) is 0 Å². The Morgan fingerprint density at radius 2 is 2.05 bits per heavy atom. The summed E-state index contributed by atoms with van der Waals surface area (Å²) in [5, 5.41) is 2.41. The SMILES string of the molecule is COc1cc(C(=O)Nc2c[nH]ccc2=O)ccc1OC(F)F. The molecule has 0 unspecified atom stereocenters. The van der Waals surface area contributed by atoms with Crippen molar-refractivity contribution in [2.45, 2.75) is 6.61 Å². The molecule has 0 atom stereocenters. The number of halogens is 2. The number of carbonyl (C=O) groups is 1. The third-order valence-electron chi connectivity index (χ3n) is 2.71. The van der Waals surface area contributed by atoms with Crippen molar-refractivity contribution in [1.29, 1.82) is 0 Å². The van der Waals surface area contributed by atoms with Gasteiger partial charge in [-0.1, -0.05) is 0 Å². The molecule has 1 aromatic carbocycles. The number of pyridine rings is 1. The molecule has 0 aliphatic heterocycles. The summed E-state index contributed by atoms with van der Waals surface area (Å²) in [5.74, 6) is -0.792. The lowest BCUT2D eigenvalue weighted by molar-refractivity contribution is -0.0512. The Kier molecular flexibility index (Phi) is 4.72. The van der Waals surface area contributed by atoms with Crippen molar-refractivity contribution in [3.63, 3.8) is 0 Å². The number of carbonyl (C=O) groups excluding carboxylic acids is 1. The van der Waals surface area contributed by atoms with Gasteiger partial charge in [-0.3, -0.25) is 9.59 Å². The van der Waals surface area contributed by atoms with Gasteiger partial charge in [-0.15, -0.1) is 0 Å². The van der Waals surface area contributed by atoms with E-state index >= 15 is 0 Å². The quantitative estimate of drug-likeness (QED) is 0.887. The minimum absolute atomic E-state index is 0.0186. The molecule has 0 aliphatic carbocycles. The molecule has 0 saturated heterocycles. The van der Waals surface area contributed by atoms with Crippen LogP contribution in [-0.2, 0) is 0 Å². The summed E-state index contributed by atoms with van der Waals surface area (Å²) in [7, 11) is 1.26. The highest BCUT2D eigenvalue weighted by atomic mass is 19.3. The Balaban J connectivity index is 2.23. The largest absolute Gasteiger partial charge is 0.493 e. The van der Waals surface area contributed by atoms with E-state index in [-0.39, 0.29) is 28.2 Å². The number of aromatic nitrogens is 1. The molecule has 2 rings (SSSR count). The van der Waals surface area contributed by atoms with Gasteiger partial charge in [0.15, 0.2) is 11.5 Å². The number of hydrogen-bond donors (Lipinski definition) is 2. The standard InChI is InChI=1S/C14H12F2N2O4/c1-21-12-6-8(2-3-11(12)22-14(15)16)13(20)18-9-7-17-5-4-10(9)19/h2-7,14H,1H3,(H,17,19)(H,18,20). The molecule has 6 nitrogen and oxygen atoms in total. The maximum absolute atomic E-state index is 12.2. The lowest BCUT2D eigenvalue weighted by Gasteiger charge is -2.11. The molecule has 0 radical (unpaired) electrons. The van der Waals surface area contributed by atoms with Gasteiger partial charge in [0.1, 0.15) is 5.69 Å². The molecule has 0 fully saturated rings. The zero-order valence-corrected chi connectivity index (χ0v) is 11.4. The molecular weight excluding hydrogens is 298 g/mol.